The molecule has 2 aliphatic heterocycles. The fraction of sp³-hybridized carbons (Fsp3) is 0. The molecule has 7 aromatic carbocycles. The van der Waals surface area contributed by atoms with Gasteiger partial charge in [0.25, 0.3) is 0 Å². The van der Waals surface area contributed by atoms with E-state index >= 15 is 0 Å². The Morgan fingerprint density at radius 3 is 1.25 bits per heavy atom. The van der Waals surface area contributed by atoms with Crippen molar-refractivity contribution in [2.75, 3.05) is 0 Å². The first-order valence-corrected chi connectivity index (χ1v) is 13.9. The minimum Gasteiger partial charge on any atom is -0.0881 e. The van der Waals surface area contributed by atoms with Crippen molar-refractivity contribution in [2.24, 2.45) is 0 Å². The van der Waals surface area contributed by atoms with Gasteiger partial charge in [-0.3, -0.25) is 0 Å². The fourth-order valence-corrected chi connectivity index (χ4v) is 8.77. The van der Waals surface area contributed by atoms with Crippen LogP contribution in [0.25, 0.3) is 65.3 Å². The minimum atomic E-state index is 1.30. The van der Waals surface area contributed by atoms with E-state index in [1.165, 1.54) is 84.9 Å². The van der Waals surface area contributed by atoms with Gasteiger partial charge in [-0.25, -0.2) is 0 Å². The third-order valence-corrected chi connectivity index (χ3v) is 10.2. The Balaban J connectivity index is 1.51. The monoisotopic (exact) mass is 490 g/mol. The average molecular weight is 491 g/mol. The van der Waals surface area contributed by atoms with Gasteiger partial charge in [0.15, 0.2) is 0 Å². The molecular formula is C34H18S2. The van der Waals surface area contributed by atoms with Crippen LogP contribution < -0.4 is 0 Å². The summed E-state index contributed by atoms with van der Waals surface area (Å²) in [6, 6.07) is 40.6. The molecule has 7 aromatic rings. The lowest BCUT2D eigenvalue weighted by atomic mass is 9.84. The SMILES string of the molecule is c1ccc2c3c(ccc2c1)-c1c2ccccc2c2c4c(ccc(c14)S3)Sc1c-2ccc2ccccc12. The van der Waals surface area contributed by atoms with Crippen molar-refractivity contribution in [1.82, 2.24) is 0 Å². The van der Waals surface area contributed by atoms with E-state index in [0.717, 1.165) is 0 Å². The van der Waals surface area contributed by atoms with Gasteiger partial charge in [-0.05, 0) is 66.7 Å². The summed E-state index contributed by atoms with van der Waals surface area (Å²) < 4.78 is 0. The van der Waals surface area contributed by atoms with E-state index in [1.54, 1.807) is 0 Å². The molecule has 166 valence electrons. The zero-order chi connectivity index (χ0) is 23.4. The summed E-state index contributed by atoms with van der Waals surface area (Å²) in [6.45, 7) is 0. The molecule has 2 heterocycles. The molecule has 0 saturated carbocycles. The maximum absolute atomic E-state index is 2.36. The smallest absolute Gasteiger partial charge is 0.0279 e. The van der Waals surface area contributed by atoms with Gasteiger partial charge in [-0.1, -0.05) is 121 Å². The van der Waals surface area contributed by atoms with Crippen LogP contribution in [-0.2, 0) is 0 Å². The van der Waals surface area contributed by atoms with Crippen molar-refractivity contribution in [2.45, 2.75) is 19.6 Å². The molecule has 0 saturated heterocycles. The Kier molecular flexibility index (Phi) is 3.75. The van der Waals surface area contributed by atoms with E-state index in [1.807, 2.05) is 23.5 Å². The summed E-state index contributed by atoms with van der Waals surface area (Å²) in [5.74, 6) is 0. The van der Waals surface area contributed by atoms with E-state index in [2.05, 4.69) is 109 Å². The maximum Gasteiger partial charge on any atom is 0.0279 e. The van der Waals surface area contributed by atoms with Crippen LogP contribution in [0.2, 0.25) is 0 Å². The normalized spacial score (nSPS) is 13.3. The van der Waals surface area contributed by atoms with Crippen LogP contribution in [0.4, 0.5) is 0 Å². The molecule has 0 atom stereocenters. The maximum atomic E-state index is 2.36. The first-order chi connectivity index (χ1) is 17.9. The van der Waals surface area contributed by atoms with Crippen LogP contribution >= 0.6 is 23.5 Å². The Bertz CT molecular complexity index is 1950. The van der Waals surface area contributed by atoms with Crippen LogP contribution in [0.1, 0.15) is 0 Å². The number of hydrogen-bond donors (Lipinski definition) is 0. The topological polar surface area (TPSA) is 0 Å². The van der Waals surface area contributed by atoms with Gasteiger partial charge in [-0.15, -0.1) is 0 Å². The Labute approximate surface area is 217 Å². The molecule has 2 aliphatic rings. The van der Waals surface area contributed by atoms with Crippen LogP contribution in [-0.4, -0.2) is 0 Å². The molecule has 2 heteroatoms. The lowest BCUT2D eigenvalue weighted by Crippen LogP contribution is -2.01. The largest absolute Gasteiger partial charge is 0.0881 e. The van der Waals surface area contributed by atoms with Crippen molar-refractivity contribution in [3.63, 3.8) is 0 Å². The van der Waals surface area contributed by atoms with Crippen molar-refractivity contribution >= 4 is 66.6 Å². The summed E-state index contributed by atoms with van der Waals surface area (Å²) in [5.41, 5.74) is 5.51. The highest BCUT2D eigenvalue weighted by molar-refractivity contribution is 8.00. The molecular weight excluding hydrogens is 473 g/mol. The van der Waals surface area contributed by atoms with E-state index < -0.39 is 0 Å². The zero-order valence-corrected chi connectivity index (χ0v) is 20.8. The van der Waals surface area contributed by atoms with Crippen LogP contribution in [0.3, 0.4) is 0 Å². The summed E-state index contributed by atoms with van der Waals surface area (Å²) in [6.07, 6.45) is 0. The molecule has 0 N–H and O–H groups in total. The predicted molar refractivity (Wildman–Crippen MR) is 156 cm³/mol. The summed E-state index contributed by atoms with van der Waals surface area (Å²) in [5, 5.41) is 10.8. The van der Waals surface area contributed by atoms with E-state index in [0.29, 0.717) is 0 Å². The zero-order valence-electron chi connectivity index (χ0n) is 19.2. The molecule has 0 spiro atoms. The third kappa shape index (κ3) is 2.39. The van der Waals surface area contributed by atoms with E-state index in [9.17, 15) is 0 Å². The van der Waals surface area contributed by atoms with Crippen molar-refractivity contribution in [3.05, 3.63) is 109 Å². The van der Waals surface area contributed by atoms with E-state index in [-0.39, 0.29) is 0 Å². The summed E-state index contributed by atoms with van der Waals surface area (Å²) in [7, 11) is 0. The molecule has 36 heavy (non-hydrogen) atoms. The lowest BCUT2D eigenvalue weighted by Gasteiger charge is -2.29. The first kappa shape index (κ1) is 19.5. The fourth-order valence-electron chi connectivity index (χ4n) is 6.30. The second-order valence-corrected chi connectivity index (χ2v) is 11.7. The number of rotatable bonds is 0. The molecule has 0 fully saturated rings. The second kappa shape index (κ2) is 6.94. The molecule has 0 nitrogen and oxygen atoms in total. The molecule has 0 radical (unpaired) electrons. The molecule has 0 amide bonds. The quantitative estimate of drug-likeness (QED) is 0.194. The van der Waals surface area contributed by atoms with E-state index in [4.69, 9.17) is 0 Å². The van der Waals surface area contributed by atoms with Crippen LogP contribution in [0.15, 0.2) is 129 Å². The first-order valence-electron chi connectivity index (χ1n) is 12.3. The standard InChI is InChI=1S/C34H18S2/c1-3-9-21-19(7-1)13-15-25-29-23-11-5-6-12-24(23)30-26-16-14-20-8-2-4-10-22(20)34(26)36-28-18-17-27(35-33(21)25)31(29)32(28)30/h1-18H. The highest BCUT2D eigenvalue weighted by atomic mass is 32.2. The van der Waals surface area contributed by atoms with Crippen LogP contribution in [0.5, 0.6) is 0 Å². The molecule has 0 aliphatic carbocycles. The average Bonchev–Trinajstić information content (AvgIpc) is 2.95. The number of benzene rings is 7. The second-order valence-electron chi connectivity index (χ2n) is 9.64. The number of fused-ring (bicyclic) bond motifs is 11. The van der Waals surface area contributed by atoms with Gasteiger partial charge in [-0.2, -0.15) is 0 Å². The van der Waals surface area contributed by atoms with Gasteiger partial charge in [0.2, 0.25) is 0 Å². The minimum absolute atomic E-state index is 1.30. The highest BCUT2D eigenvalue weighted by Crippen LogP contribution is 2.60. The molecule has 0 unspecified atom stereocenters. The number of hydrogen-bond acceptors (Lipinski definition) is 2. The van der Waals surface area contributed by atoms with Gasteiger partial charge >= 0.3 is 0 Å². The lowest BCUT2D eigenvalue weighted by molar-refractivity contribution is 1.38. The Hall–Kier alpha value is -3.72. The van der Waals surface area contributed by atoms with Crippen molar-refractivity contribution in [3.8, 4) is 22.3 Å². The third-order valence-electron chi connectivity index (χ3n) is 7.82. The van der Waals surface area contributed by atoms with Gasteiger partial charge < -0.3 is 0 Å². The van der Waals surface area contributed by atoms with Gasteiger partial charge in [0.05, 0.1) is 0 Å². The summed E-state index contributed by atoms with van der Waals surface area (Å²) >= 11 is 3.88. The Morgan fingerprint density at radius 1 is 0.361 bits per heavy atom. The van der Waals surface area contributed by atoms with Crippen molar-refractivity contribution < 1.29 is 0 Å². The van der Waals surface area contributed by atoms with Crippen molar-refractivity contribution in [1.29, 1.82) is 0 Å². The van der Waals surface area contributed by atoms with Gasteiger partial charge in [0, 0.05) is 30.4 Å². The van der Waals surface area contributed by atoms with Gasteiger partial charge in [0.1, 0.15) is 0 Å². The highest BCUT2D eigenvalue weighted by Gasteiger charge is 2.30. The predicted octanol–water partition coefficient (Wildman–Crippen LogP) is 10.6. The molecule has 0 aromatic heterocycles. The Morgan fingerprint density at radius 2 is 0.778 bits per heavy atom. The summed E-state index contributed by atoms with van der Waals surface area (Å²) in [4.78, 5) is 5.49. The molecule has 9 rings (SSSR count). The molecule has 0 bridgehead atoms. The van der Waals surface area contributed by atoms with Crippen LogP contribution in [0, 0.1) is 0 Å².